The molecule has 0 aromatic heterocycles. The van der Waals surface area contributed by atoms with Crippen molar-refractivity contribution in [2.75, 3.05) is 14.2 Å². The maximum absolute atomic E-state index is 5.32. The third-order valence-electron chi connectivity index (χ3n) is 5.34. The Hall–Kier alpha value is -1.02. The van der Waals surface area contributed by atoms with Crippen molar-refractivity contribution in [3.8, 4) is 5.75 Å². The predicted molar refractivity (Wildman–Crippen MR) is 78.5 cm³/mol. The summed E-state index contributed by atoms with van der Waals surface area (Å²) in [5.74, 6) is 3.74. The summed E-state index contributed by atoms with van der Waals surface area (Å²) in [6, 6.07) is 7.02. The number of ether oxygens (including phenoxy) is 1. The summed E-state index contributed by atoms with van der Waals surface area (Å²) in [7, 11) is 3.85. The molecule has 2 heteroatoms. The number of hydrogen-bond acceptors (Lipinski definition) is 2. The van der Waals surface area contributed by atoms with E-state index < -0.39 is 0 Å². The smallest absolute Gasteiger partial charge is 0.119 e. The van der Waals surface area contributed by atoms with E-state index in [9.17, 15) is 0 Å². The van der Waals surface area contributed by atoms with E-state index in [0.717, 1.165) is 23.5 Å². The summed E-state index contributed by atoms with van der Waals surface area (Å²) in [6.45, 7) is 2.20. The van der Waals surface area contributed by atoms with E-state index in [-0.39, 0.29) is 0 Å². The van der Waals surface area contributed by atoms with Crippen LogP contribution in [-0.4, -0.2) is 14.2 Å². The molecule has 0 aliphatic heterocycles. The van der Waals surface area contributed by atoms with E-state index in [0.29, 0.717) is 6.04 Å². The van der Waals surface area contributed by atoms with Crippen molar-refractivity contribution in [1.82, 2.24) is 5.32 Å². The average molecular weight is 259 g/mol. The van der Waals surface area contributed by atoms with Crippen LogP contribution in [0.2, 0.25) is 0 Å². The molecule has 2 bridgehead atoms. The molecule has 0 radical (unpaired) electrons. The molecule has 2 aliphatic carbocycles. The Morgan fingerprint density at radius 1 is 1.26 bits per heavy atom. The van der Waals surface area contributed by atoms with Gasteiger partial charge in [0.1, 0.15) is 5.75 Å². The monoisotopic (exact) mass is 259 g/mol. The molecule has 4 atom stereocenters. The molecule has 3 rings (SSSR count). The molecule has 4 unspecified atom stereocenters. The van der Waals surface area contributed by atoms with Crippen LogP contribution in [0, 0.1) is 24.7 Å². The highest BCUT2D eigenvalue weighted by atomic mass is 16.5. The molecule has 2 saturated carbocycles. The topological polar surface area (TPSA) is 21.3 Å². The van der Waals surface area contributed by atoms with Crippen LogP contribution in [0.5, 0.6) is 5.75 Å². The number of methoxy groups -OCH3 is 1. The van der Waals surface area contributed by atoms with Gasteiger partial charge in [0.15, 0.2) is 0 Å². The molecule has 2 nitrogen and oxygen atoms in total. The number of benzene rings is 1. The number of rotatable bonds is 4. The zero-order valence-corrected chi connectivity index (χ0v) is 12.3. The van der Waals surface area contributed by atoms with Crippen LogP contribution in [0.3, 0.4) is 0 Å². The second kappa shape index (κ2) is 5.16. The number of aryl methyl sites for hydroxylation is 1. The van der Waals surface area contributed by atoms with Crippen molar-refractivity contribution in [2.24, 2.45) is 17.8 Å². The molecule has 0 spiro atoms. The van der Waals surface area contributed by atoms with Gasteiger partial charge in [-0.2, -0.15) is 0 Å². The van der Waals surface area contributed by atoms with Crippen LogP contribution in [0.25, 0.3) is 0 Å². The zero-order valence-electron chi connectivity index (χ0n) is 12.3. The van der Waals surface area contributed by atoms with Gasteiger partial charge >= 0.3 is 0 Å². The second-order valence-electron chi connectivity index (χ2n) is 6.33. The molecule has 2 fully saturated rings. The van der Waals surface area contributed by atoms with Crippen molar-refractivity contribution < 1.29 is 4.74 Å². The highest BCUT2D eigenvalue weighted by Crippen LogP contribution is 2.52. The number of hydrogen-bond donors (Lipinski definition) is 1. The fourth-order valence-corrected chi connectivity index (χ4v) is 4.43. The van der Waals surface area contributed by atoms with Gasteiger partial charge in [-0.05, 0) is 74.2 Å². The number of fused-ring (bicyclic) bond motifs is 2. The van der Waals surface area contributed by atoms with Crippen molar-refractivity contribution in [2.45, 2.75) is 38.6 Å². The van der Waals surface area contributed by atoms with E-state index in [4.69, 9.17) is 4.74 Å². The lowest BCUT2D eigenvalue weighted by Crippen LogP contribution is -2.29. The van der Waals surface area contributed by atoms with Gasteiger partial charge in [0.25, 0.3) is 0 Å². The van der Waals surface area contributed by atoms with Gasteiger partial charge in [-0.3, -0.25) is 0 Å². The minimum atomic E-state index is 0.515. The molecule has 2 aliphatic rings. The summed E-state index contributed by atoms with van der Waals surface area (Å²) < 4.78 is 5.32. The van der Waals surface area contributed by atoms with E-state index in [1.165, 1.54) is 36.8 Å². The van der Waals surface area contributed by atoms with Crippen LogP contribution >= 0.6 is 0 Å². The minimum absolute atomic E-state index is 0.515. The lowest BCUT2D eigenvalue weighted by molar-refractivity contribution is 0.259. The maximum atomic E-state index is 5.32. The molecular formula is C17H25NO. The van der Waals surface area contributed by atoms with Crippen LogP contribution in [0.15, 0.2) is 18.2 Å². The third-order valence-corrected chi connectivity index (χ3v) is 5.34. The first kappa shape index (κ1) is 13.0. The lowest BCUT2D eigenvalue weighted by atomic mass is 9.79. The summed E-state index contributed by atoms with van der Waals surface area (Å²) >= 11 is 0. The van der Waals surface area contributed by atoms with Crippen LogP contribution in [0.1, 0.15) is 42.9 Å². The van der Waals surface area contributed by atoms with Gasteiger partial charge in [-0.1, -0.05) is 12.5 Å². The van der Waals surface area contributed by atoms with Gasteiger partial charge in [0.2, 0.25) is 0 Å². The Morgan fingerprint density at radius 2 is 2.11 bits per heavy atom. The van der Waals surface area contributed by atoms with E-state index >= 15 is 0 Å². The molecule has 1 aromatic rings. The van der Waals surface area contributed by atoms with Crippen LogP contribution < -0.4 is 10.1 Å². The molecule has 0 amide bonds. The summed E-state index contributed by atoms with van der Waals surface area (Å²) in [4.78, 5) is 0. The molecule has 1 aromatic carbocycles. The molecule has 0 saturated heterocycles. The Morgan fingerprint density at radius 3 is 2.63 bits per heavy atom. The van der Waals surface area contributed by atoms with E-state index in [2.05, 4.69) is 37.5 Å². The zero-order chi connectivity index (χ0) is 13.4. The van der Waals surface area contributed by atoms with E-state index in [1.54, 1.807) is 7.11 Å². The van der Waals surface area contributed by atoms with Gasteiger partial charge in [0, 0.05) is 6.04 Å². The first-order valence-corrected chi connectivity index (χ1v) is 7.54. The lowest BCUT2D eigenvalue weighted by Gasteiger charge is -2.31. The predicted octanol–water partition coefficient (Wildman–Crippen LogP) is 3.70. The standard InChI is InChI=1S/C17H25NO/c1-11-8-14(19-3)6-7-15(11)17(18-2)16-10-12-4-5-13(16)9-12/h6-8,12-13,16-18H,4-5,9-10H2,1-3H3. The number of nitrogens with one attached hydrogen (secondary N) is 1. The molecule has 0 heterocycles. The summed E-state index contributed by atoms with van der Waals surface area (Å²) in [5.41, 5.74) is 2.81. The summed E-state index contributed by atoms with van der Waals surface area (Å²) in [6.07, 6.45) is 5.81. The molecular weight excluding hydrogens is 234 g/mol. The highest BCUT2D eigenvalue weighted by molar-refractivity contribution is 5.37. The Bertz CT molecular complexity index is 457. The Kier molecular flexibility index (Phi) is 3.53. The van der Waals surface area contributed by atoms with Gasteiger partial charge in [0.05, 0.1) is 7.11 Å². The highest BCUT2D eigenvalue weighted by Gasteiger charge is 2.43. The minimum Gasteiger partial charge on any atom is -0.497 e. The fourth-order valence-electron chi connectivity index (χ4n) is 4.43. The van der Waals surface area contributed by atoms with Crippen molar-refractivity contribution in [1.29, 1.82) is 0 Å². The largest absolute Gasteiger partial charge is 0.497 e. The van der Waals surface area contributed by atoms with Gasteiger partial charge in [-0.15, -0.1) is 0 Å². The SMILES string of the molecule is CNC(c1ccc(OC)cc1C)C1CC2CCC1C2. The van der Waals surface area contributed by atoms with E-state index in [1.807, 2.05) is 0 Å². The first-order chi connectivity index (χ1) is 9.22. The van der Waals surface area contributed by atoms with Crippen molar-refractivity contribution >= 4 is 0 Å². The molecule has 1 N–H and O–H groups in total. The van der Waals surface area contributed by atoms with Crippen LogP contribution in [-0.2, 0) is 0 Å². The average Bonchev–Trinajstić information content (AvgIpc) is 3.04. The fraction of sp³-hybridized carbons (Fsp3) is 0.647. The molecule has 19 heavy (non-hydrogen) atoms. The van der Waals surface area contributed by atoms with Gasteiger partial charge in [-0.25, -0.2) is 0 Å². The van der Waals surface area contributed by atoms with Gasteiger partial charge < -0.3 is 10.1 Å². The Labute approximate surface area is 116 Å². The summed E-state index contributed by atoms with van der Waals surface area (Å²) in [5, 5.41) is 3.58. The third kappa shape index (κ3) is 2.27. The maximum Gasteiger partial charge on any atom is 0.119 e. The normalized spacial score (nSPS) is 30.6. The molecule has 104 valence electrons. The first-order valence-electron chi connectivity index (χ1n) is 7.54. The second-order valence-corrected chi connectivity index (χ2v) is 6.33. The van der Waals surface area contributed by atoms with Crippen molar-refractivity contribution in [3.63, 3.8) is 0 Å². The van der Waals surface area contributed by atoms with Crippen LogP contribution in [0.4, 0.5) is 0 Å². The quantitative estimate of drug-likeness (QED) is 0.890. The van der Waals surface area contributed by atoms with Crippen molar-refractivity contribution in [3.05, 3.63) is 29.3 Å². The Balaban J connectivity index is 1.86.